The molecule has 4 rings (SSSR count). The molecule has 0 bridgehead atoms. The van der Waals surface area contributed by atoms with Crippen LogP contribution in [0, 0.1) is 0 Å². The van der Waals surface area contributed by atoms with E-state index in [-0.39, 0.29) is 47.4 Å². The lowest BCUT2D eigenvalue weighted by atomic mass is 10.0. The summed E-state index contributed by atoms with van der Waals surface area (Å²) >= 11 is 5.76. The molecule has 0 atom stereocenters. The summed E-state index contributed by atoms with van der Waals surface area (Å²) in [5.41, 5.74) is -1.17. The molecule has 0 N–H and O–H groups in total. The minimum Gasteiger partial charge on any atom is -0.363 e. The predicted octanol–water partition coefficient (Wildman–Crippen LogP) is 5.99. The quantitative estimate of drug-likeness (QED) is 0.462. The molecule has 0 aliphatic carbocycles. The van der Waals surface area contributed by atoms with Crippen LogP contribution in [0.2, 0.25) is 5.02 Å². The third-order valence-electron chi connectivity index (χ3n) is 4.73. The van der Waals surface area contributed by atoms with Crippen LogP contribution in [-0.2, 0) is 25.3 Å². The summed E-state index contributed by atoms with van der Waals surface area (Å²) in [6.45, 7) is 0.320. The fourth-order valence-corrected chi connectivity index (χ4v) is 3.71. The van der Waals surface area contributed by atoms with Gasteiger partial charge in [0.15, 0.2) is 5.82 Å². The van der Waals surface area contributed by atoms with Crippen molar-refractivity contribution in [3.05, 3.63) is 63.9 Å². The summed E-state index contributed by atoms with van der Waals surface area (Å²) < 4.78 is 83.7. The Kier molecular flexibility index (Phi) is 4.92. The van der Waals surface area contributed by atoms with Crippen molar-refractivity contribution in [1.29, 1.82) is 0 Å². The normalized spacial score (nSPS) is 14.3. The molecule has 0 saturated heterocycles. The third kappa shape index (κ3) is 3.83. The van der Waals surface area contributed by atoms with Crippen LogP contribution in [0.15, 0.2) is 40.9 Å². The van der Waals surface area contributed by atoms with Gasteiger partial charge in [0.25, 0.3) is 5.89 Å². The fraction of sp³-hybridized carbons (Fsp3) is 0.263. The zero-order chi connectivity index (χ0) is 21.7. The molecule has 2 aromatic carbocycles. The van der Waals surface area contributed by atoms with Crippen LogP contribution in [0.3, 0.4) is 0 Å². The van der Waals surface area contributed by atoms with Gasteiger partial charge in [0.1, 0.15) is 0 Å². The fourth-order valence-electron chi connectivity index (χ4n) is 3.43. The van der Waals surface area contributed by atoms with Crippen molar-refractivity contribution < 1.29 is 30.9 Å². The van der Waals surface area contributed by atoms with E-state index >= 15 is 0 Å². The van der Waals surface area contributed by atoms with E-state index in [2.05, 4.69) is 10.1 Å². The van der Waals surface area contributed by atoms with E-state index < -0.39 is 23.5 Å². The van der Waals surface area contributed by atoms with Crippen molar-refractivity contribution in [2.24, 2.45) is 0 Å². The SMILES string of the molecule is FC(F)(F)c1cccc(-c2nc(CN3CCc4c3ccc(Cl)c4C(F)(F)F)no2)c1. The molecule has 0 amide bonds. The first-order valence-electron chi connectivity index (χ1n) is 8.68. The van der Waals surface area contributed by atoms with Crippen LogP contribution >= 0.6 is 11.6 Å². The van der Waals surface area contributed by atoms with Crippen molar-refractivity contribution >= 4 is 17.3 Å². The Hall–Kier alpha value is -2.75. The Bertz CT molecular complexity index is 1090. The molecule has 11 heteroatoms. The molecule has 0 spiro atoms. The Morgan fingerprint density at radius 1 is 1.03 bits per heavy atom. The molecule has 158 valence electrons. The molecular weight excluding hydrogens is 436 g/mol. The van der Waals surface area contributed by atoms with Gasteiger partial charge in [0.05, 0.1) is 22.7 Å². The number of rotatable bonds is 3. The lowest BCUT2D eigenvalue weighted by molar-refractivity contribution is -0.138. The van der Waals surface area contributed by atoms with Gasteiger partial charge in [0, 0.05) is 17.8 Å². The molecule has 1 aliphatic rings. The van der Waals surface area contributed by atoms with Gasteiger partial charge >= 0.3 is 12.4 Å². The van der Waals surface area contributed by atoms with Gasteiger partial charge in [-0.1, -0.05) is 22.8 Å². The number of fused-ring (bicyclic) bond motifs is 1. The maximum Gasteiger partial charge on any atom is 0.418 e. The minimum atomic E-state index is -4.58. The maximum absolute atomic E-state index is 13.3. The van der Waals surface area contributed by atoms with Gasteiger partial charge < -0.3 is 9.42 Å². The molecular formula is C19H12ClF6N3O. The number of alkyl halides is 6. The lowest BCUT2D eigenvalue weighted by Gasteiger charge is -2.19. The highest BCUT2D eigenvalue weighted by atomic mass is 35.5. The number of halogens is 7. The van der Waals surface area contributed by atoms with Gasteiger partial charge in [-0.3, -0.25) is 0 Å². The average molecular weight is 448 g/mol. The van der Waals surface area contributed by atoms with Crippen molar-refractivity contribution in [1.82, 2.24) is 10.1 Å². The maximum atomic E-state index is 13.3. The van der Waals surface area contributed by atoms with E-state index in [9.17, 15) is 26.3 Å². The third-order valence-corrected chi connectivity index (χ3v) is 5.05. The van der Waals surface area contributed by atoms with Gasteiger partial charge in [-0.05, 0) is 42.3 Å². The van der Waals surface area contributed by atoms with Gasteiger partial charge in [-0.25, -0.2) is 0 Å². The molecule has 0 saturated carbocycles. The highest BCUT2D eigenvalue weighted by Gasteiger charge is 2.39. The molecule has 0 unspecified atom stereocenters. The highest BCUT2D eigenvalue weighted by molar-refractivity contribution is 6.31. The summed E-state index contributed by atoms with van der Waals surface area (Å²) in [6, 6.07) is 7.11. The first-order valence-corrected chi connectivity index (χ1v) is 9.05. The summed E-state index contributed by atoms with van der Waals surface area (Å²) in [4.78, 5) is 5.73. The van der Waals surface area contributed by atoms with Crippen molar-refractivity contribution in [2.75, 3.05) is 11.4 Å². The first kappa shape index (κ1) is 20.5. The van der Waals surface area contributed by atoms with E-state index in [1.807, 2.05) is 0 Å². The van der Waals surface area contributed by atoms with Crippen LogP contribution in [0.4, 0.5) is 32.0 Å². The van der Waals surface area contributed by atoms with Crippen molar-refractivity contribution in [3.8, 4) is 11.5 Å². The molecule has 0 radical (unpaired) electrons. The van der Waals surface area contributed by atoms with E-state index in [0.717, 1.165) is 12.1 Å². The molecule has 1 aliphatic heterocycles. The zero-order valence-corrected chi connectivity index (χ0v) is 15.7. The number of aromatic nitrogens is 2. The Morgan fingerprint density at radius 3 is 2.50 bits per heavy atom. The molecule has 2 heterocycles. The highest BCUT2D eigenvalue weighted by Crippen LogP contribution is 2.43. The smallest absolute Gasteiger partial charge is 0.363 e. The average Bonchev–Trinajstić information content (AvgIpc) is 3.28. The number of nitrogens with zero attached hydrogens (tertiary/aromatic N) is 3. The predicted molar refractivity (Wildman–Crippen MR) is 95.9 cm³/mol. The number of benzene rings is 2. The van der Waals surface area contributed by atoms with Crippen LogP contribution in [0.5, 0.6) is 0 Å². The van der Waals surface area contributed by atoms with E-state index in [4.69, 9.17) is 16.1 Å². The number of hydrogen-bond donors (Lipinski definition) is 0. The topological polar surface area (TPSA) is 42.2 Å². The monoisotopic (exact) mass is 447 g/mol. The number of anilines is 1. The minimum absolute atomic E-state index is 0.0361. The van der Waals surface area contributed by atoms with Gasteiger partial charge in [-0.2, -0.15) is 31.3 Å². The van der Waals surface area contributed by atoms with Crippen LogP contribution in [-0.4, -0.2) is 16.7 Å². The van der Waals surface area contributed by atoms with Crippen LogP contribution in [0.25, 0.3) is 11.5 Å². The second-order valence-electron chi connectivity index (χ2n) is 6.68. The standard InChI is InChI=1S/C19H12ClF6N3O/c20-13-4-5-14-12(16(13)19(24,25)26)6-7-29(14)9-15-27-17(30-28-15)10-2-1-3-11(8-10)18(21,22)23/h1-5,8H,6-7,9H2. The van der Waals surface area contributed by atoms with E-state index in [1.54, 1.807) is 4.90 Å². The molecule has 3 aromatic rings. The zero-order valence-electron chi connectivity index (χ0n) is 15.0. The summed E-state index contributed by atoms with van der Waals surface area (Å²) in [5.74, 6) is 0.0291. The summed E-state index contributed by atoms with van der Waals surface area (Å²) in [5, 5.41) is 3.39. The molecule has 30 heavy (non-hydrogen) atoms. The molecule has 0 fully saturated rings. The van der Waals surface area contributed by atoms with Gasteiger partial charge in [0.2, 0.25) is 0 Å². The van der Waals surface area contributed by atoms with Crippen LogP contribution < -0.4 is 4.90 Å². The van der Waals surface area contributed by atoms with Crippen molar-refractivity contribution in [2.45, 2.75) is 25.3 Å². The van der Waals surface area contributed by atoms with Gasteiger partial charge in [-0.15, -0.1) is 0 Å². The Morgan fingerprint density at radius 2 is 1.80 bits per heavy atom. The number of hydrogen-bond acceptors (Lipinski definition) is 4. The Balaban J connectivity index is 1.59. The summed E-state index contributed by atoms with van der Waals surface area (Å²) in [6.07, 6.45) is -8.96. The second kappa shape index (κ2) is 7.19. The van der Waals surface area contributed by atoms with E-state index in [1.165, 1.54) is 24.3 Å². The second-order valence-corrected chi connectivity index (χ2v) is 7.09. The van der Waals surface area contributed by atoms with Crippen molar-refractivity contribution in [3.63, 3.8) is 0 Å². The molecule has 1 aromatic heterocycles. The summed E-state index contributed by atoms with van der Waals surface area (Å²) in [7, 11) is 0. The largest absolute Gasteiger partial charge is 0.418 e. The molecule has 4 nitrogen and oxygen atoms in total. The Labute approximate surface area is 171 Å². The first-order chi connectivity index (χ1) is 14.0. The van der Waals surface area contributed by atoms with E-state index in [0.29, 0.717) is 5.69 Å². The lowest BCUT2D eigenvalue weighted by Crippen LogP contribution is -2.20. The van der Waals surface area contributed by atoms with Crippen LogP contribution in [0.1, 0.15) is 22.5 Å².